The molecule has 0 spiro atoms. The van der Waals surface area contributed by atoms with Crippen LogP contribution in [0.5, 0.6) is 0 Å². The number of benzene rings is 1. The first-order valence-corrected chi connectivity index (χ1v) is 8.81. The summed E-state index contributed by atoms with van der Waals surface area (Å²) in [4.78, 5) is 14.4. The number of carbonyl (C=O) groups is 1. The molecule has 1 aliphatic carbocycles. The standard InChI is InChI=1S/C19H30N2O/c1-21(18-13-7-3-8-14-18)16-10-4-9-15-20-19(22)17-11-5-2-6-12-17/h2,5-6,11-12,18H,3-4,7-10,13-16H2,1H3,(H,20,22). The van der Waals surface area contributed by atoms with Crippen LogP contribution in [-0.2, 0) is 0 Å². The van der Waals surface area contributed by atoms with E-state index in [-0.39, 0.29) is 5.91 Å². The average molecular weight is 302 g/mol. The quantitative estimate of drug-likeness (QED) is 0.740. The summed E-state index contributed by atoms with van der Waals surface area (Å²) in [6.07, 6.45) is 10.5. The molecule has 1 saturated carbocycles. The van der Waals surface area contributed by atoms with Gasteiger partial charge in [0.2, 0.25) is 0 Å². The molecule has 122 valence electrons. The molecule has 0 radical (unpaired) electrons. The van der Waals surface area contributed by atoms with Gasteiger partial charge in [-0.05, 0) is 51.4 Å². The summed E-state index contributed by atoms with van der Waals surface area (Å²) in [6.45, 7) is 1.97. The molecule has 0 aliphatic heterocycles. The molecule has 0 saturated heterocycles. The van der Waals surface area contributed by atoms with Crippen LogP contribution < -0.4 is 5.32 Å². The zero-order valence-electron chi connectivity index (χ0n) is 13.9. The van der Waals surface area contributed by atoms with Crippen molar-refractivity contribution in [2.75, 3.05) is 20.1 Å². The molecule has 1 fully saturated rings. The second-order valence-corrected chi connectivity index (χ2v) is 6.46. The Morgan fingerprint density at radius 2 is 1.82 bits per heavy atom. The lowest BCUT2D eigenvalue weighted by atomic mass is 9.94. The van der Waals surface area contributed by atoms with E-state index in [0.717, 1.165) is 24.6 Å². The lowest BCUT2D eigenvalue weighted by Crippen LogP contribution is -2.34. The number of hydrogen-bond acceptors (Lipinski definition) is 2. The number of carbonyl (C=O) groups excluding carboxylic acids is 1. The van der Waals surface area contributed by atoms with Crippen molar-refractivity contribution in [2.24, 2.45) is 0 Å². The van der Waals surface area contributed by atoms with Crippen molar-refractivity contribution in [1.29, 1.82) is 0 Å². The summed E-state index contributed by atoms with van der Waals surface area (Å²) in [5.41, 5.74) is 0.750. The van der Waals surface area contributed by atoms with Gasteiger partial charge in [-0.1, -0.05) is 43.9 Å². The minimum absolute atomic E-state index is 0.0416. The van der Waals surface area contributed by atoms with Crippen molar-refractivity contribution >= 4 is 5.91 Å². The third-order valence-corrected chi connectivity index (χ3v) is 4.71. The lowest BCUT2D eigenvalue weighted by Gasteiger charge is -2.31. The molecule has 0 aromatic heterocycles. The molecule has 1 aromatic carbocycles. The summed E-state index contributed by atoms with van der Waals surface area (Å²) in [5, 5.41) is 3.00. The monoisotopic (exact) mass is 302 g/mol. The minimum atomic E-state index is 0.0416. The van der Waals surface area contributed by atoms with Crippen LogP contribution in [0.15, 0.2) is 30.3 Å². The molecule has 0 atom stereocenters. The van der Waals surface area contributed by atoms with Crippen LogP contribution in [0.25, 0.3) is 0 Å². The molecule has 0 bridgehead atoms. The number of amides is 1. The van der Waals surface area contributed by atoms with Crippen LogP contribution in [0, 0.1) is 0 Å². The second kappa shape index (κ2) is 9.62. The van der Waals surface area contributed by atoms with Gasteiger partial charge >= 0.3 is 0 Å². The van der Waals surface area contributed by atoms with E-state index in [2.05, 4.69) is 17.3 Å². The maximum Gasteiger partial charge on any atom is 0.251 e. The Bertz CT molecular complexity index is 426. The molecule has 0 unspecified atom stereocenters. The SMILES string of the molecule is CN(CCCCCNC(=O)c1ccccc1)C1CCCCC1. The molecule has 0 heterocycles. The first-order chi connectivity index (χ1) is 10.8. The van der Waals surface area contributed by atoms with Gasteiger partial charge in [-0.2, -0.15) is 0 Å². The van der Waals surface area contributed by atoms with E-state index in [1.54, 1.807) is 0 Å². The molecule has 1 aromatic rings. The van der Waals surface area contributed by atoms with Crippen molar-refractivity contribution in [3.63, 3.8) is 0 Å². The van der Waals surface area contributed by atoms with E-state index < -0.39 is 0 Å². The number of hydrogen-bond donors (Lipinski definition) is 1. The molecule has 22 heavy (non-hydrogen) atoms. The fraction of sp³-hybridized carbons (Fsp3) is 0.632. The van der Waals surface area contributed by atoms with Crippen molar-refractivity contribution in [3.05, 3.63) is 35.9 Å². The van der Waals surface area contributed by atoms with Crippen molar-refractivity contribution in [1.82, 2.24) is 10.2 Å². The third kappa shape index (κ3) is 5.80. The average Bonchev–Trinajstić information content (AvgIpc) is 2.59. The highest BCUT2D eigenvalue weighted by molar-refractivity contribution is 5.94. The van der Waals surface area contributed by atoms with E-state index in [9.17, 15) is 4.79 Å². The zero-order valence-corrected chi connectivity index (χ0v) is 13.9. The van der Waals surface area contributed by atoms with Crippen LogP contribution in [0.3, 0.4) is 0 Å². The molecular weight excluding hydrogens is 272 g/mol. The highest BCUT2D eigenvalue weighted by Crippen LogP contribution is 2.21. The first-order valence-electron chi connectivity index (χ1n) is 8.81. The molecule has 1 N–H and O–H groups in total. The van der Waals surface area contributed by atoms with Crippen LogP contribution in [0.1, 0.15) is 61.7 Å². The van der Waals surface area contributed by atoms with Crippen molar-refractivity contribution in [3.8, 4) is 0 Å². The predicted octanol–water partition coefficient (Wildman–Crippen LogP) is 3.85. The van der Waals surface area contributed by atoms with Crippen LogP contribution >= 0.6 is 0 Å². The summed E-state index contributed by atoms with van der Waals surface area (Å²) in [7, 11) is 2.27. The van der Waals surface area contributed by atoms with Gasteiger partial charge in [-0.15, -0.1) is 0 Å². The molecule has 3 nitrogen and oxygen atoms in total. The molecule has 2 rings (SSSR count). The predicted molar refractivity (Wildman–Crippen MR) is 92.1 cm³/mol. The normalized spacial score (nSPS) is 15.9. The molecular formula is C19H30N2O. The topological polar surface area (TPSA) is 32.3 Å². The van der Waals surface area contributed by atoms with Crippen LogP contribution in [-0.4, -0.2) is 37.0 Å². The van der Waals surface area contributed by atoms with Gasteiger partial charge in [-0.3, -0.25) is 4.79 Å². The minimum Gasteiger partial charge on any atom is -0.352 e. The van der Waals surface area contributed by atoms with E-state index in [0.29, 0.717) is 0 Å². The van der Waals surface area contributed by atoms with E-state index >= 15 is 0 Å². The number of unbranched alkanes of at least 4 members (excludes halogenated alkanes) is 2. The fourth-order valence-corrected chi connectivity index (χ4v) is 3.26. The van der Waals surface area contributed by atoms with Gasteiger partial charge in [0.25, 0.3) is 5.91 Å². The fourth-order valence-electron chi connectivity index (χ4n) is 3.26. The van der Waals surface area contributed by atoms with Crippen molar-refractivity contribution < 1.29 is 4.79 Å². The highest BCUT2D eigenvalue weighted by atomic mass is 16.1. The Kier molecular flexibility index (Phi) is 7.44. The van der Waals surface area contributed by atoms with Crippen molar-refractivity contribution in [2.45, 2.75) is 57.4 Å². The number of nitrogens with one attached hydrogen (secondary N) is 1. The largest absolute Gasteiger partial charge is 0.352 e. The maximum absolute atomic E-state index is 11.9. The van der Waals surface area contributed by atoms with Gasteiger partial charge in [0.1, 0.15) is 0 Å². The molecule has 1 amide bonds. The Morgan fingerprint density at radius 1 is 1.09 bits per heavy atom. The summed E-state index contributed by atoms with van der Waals surface area (Å²) in [5.74, 6) is 0.0416. The Labute approximate surface area is 135 Å². The van der Waals surface area contributed by atoms with Gasteiger partial charge in [0, 0.05) is 18.2 Å². The lowest BCUT2D eigenvalue weighted by molar-refractivity contribution is 0.0952. The van der Waals surface area contributed by atoms with Gasteiger partial charge in [0.05, 0.1) is 0 Å². The number of rotatable bonds is 8. The van der Waals surface area contributed by atoms with Crippen LogP contribution in [0.4, 0.5) is 0 Å². The summed E-state index contributed by atoms with van der Waals surface area (Å²) < 4.78 is 0. The highest BCUT2D eigenvalue weighted by Gasteiger charge is 2.17. The van der Waals surface area contributed by atoms with E-state index in [4.69, 9.17) is 0 Å². The maximum atomic E-state index is 11.9. The Morgan fingerprint density at radius 3 is 2.55 bits per heavy atom. The van der Waals surface area contributed by atoms with Crippen LogP contribution in [0.2, 0.25) is 0 Å². The third-order valence-electron chi connectivity index (χ3n) is 4.71. The zero-order chi connectivity index (χ0) is 15.6. The summed E-state index contributed by atoms with van der Waals surface area (Å²) in [6, 6.07) is 10.3. The number of nitrogens with zero attached hydrogens (tertiary/aromatic N) is 1. The van der Waals surface area contributed by atoms with E-state index in [1.165, 1.54) is 51.5 Å². The second-order valence-electron chi connectivity index (χ2n) is 6.46. The molecule has 3 heteroatoms. The van der Waals surface area contributed by atoms with E-state index in [1.807, 2.05) is 30.3 Å². The van der Waals surface area contributed by atoms with Gasteiger partial charge < -0.3 is 10.2 Å². The molecule has 1 aliphatic rings. The van der Waals surface area contributed by atoms with Gasteiger partial charge in [0.15, 0.2) is 0 Å². The smallest absolute Gasteiger partial charge is 0.251 e. The Balaban J connectivity index is 1.51. The Hall–Kier alpha value is -1.35. The first kappa shape index (κ1) is 17.0. The van der Waals surface area contributed by atoms with Gasteiger partial charge in [-0.25, -0.2) is 0 Å². The summed E-state index contributed by atoms with van der Waals surface area (Å²) >= 11 is 0.